The highest BCUT2D eigenvalue weighted by molar-refractivity contribution is 9.09. The molecule has 1 aromatic carbocycles. The Morgan fingerprint density at radius 2 is 2.00 bits per heavy atom. The van der Waals surface area contributed by atoms with Gasteiger partial charge in [-0.05, 0) is 41.4 Å². The standard InChI is InChI=1S/C12H13Br/c1-7-5-8-6-11(13)10-4-2-3-9(7)12(8)10/h2-4,7-8,11H,5-6H2,1H3. The summed E-state index contributed by atoms with van der Waals surface area (Å²) in [6, 6.07) is 6.82. The van der Waals surface area contributed by atoms with Crippen molar-refractivity contribution < 1.29 is 0 Å². The van der Waals surface area contributed by atoms with Crippen molar-refractivity contribution in [1.82, 2.24) is 0 Å². The molecule has 1 aromatic rings. The number of hydrogen-bond acceptors (Lipinski definition) is 0. The molecule has 3 rings (SSSR count). The van der Waals surface area contributed by atoms with Crippen LogP contribution in [0.25, 0.3) is 0 Å². The maximum Gasteiger partial charge on any atom is 0.0404 e. The van der Waals surface area contributed by atoms with E-state index in [1.165, 1.54) is 12.8 Å². The lowest BCUT2D eigenvalue weighted by Gasteiger charge is -2.09. The first-order valence-corrected chi connectivity index (χ1v) is 5.95. The summed E-state index contributed by atoms with van der Waals surface area (Å²) in [5.41, 5.74) is 4.85. The van der Waals surface area contributed by atoms with Gasteiger partial charge in [0.2, 0.25) is 0 Å². The summed E-state index contributed by atoms with van der Waals surface area (Å²) in [6.45, 7) is 2.36. The van der Waals surface area contributed by atoms with Gasteiger partial charge in [0.25, 0.3) is 0 Å². The van der Waals surface area contributed by atoms with Crippen molar-refractivity contribution in [2.24, 2.45) is 0 Å². The SMILES string of the molecule is CC1CC2CC(Br)c3cccc1c32. The van der Waals surface area contributed by atoms with Crippen molar-refractivity contribution in [3.8, 4) is 0 Å². The number of halogens is 1. The van der Waals surface area contributed by atoms with Gasteiger partial charge in [0.05, 0.1) is 0 Å². The first kappa shape index (κ1) is 8.05. The fourth-order valence-electron chi connectivity index (χ4n) is 3.04. The molecule has 3 atom stereocenters. The zero-order valence-electron chi connectivity index (χ0n) is 7.76. The predicted molar refractivity (Wildman–Crippen MR) is 58.5 cm³/mol. The molecule has 0 amide bonds. The van der Waals surface area contributed by atoms with Crippen LogP contribution in [-0.4, -0.2) is 0 Å². The largest absolute Gasteiger partial charge is 0.0838 e. The van der Waals surface area contributed by atoms with E-state index in [1.807, 2.05) is 0 Å². The van der Waals surface area contributed by atoms with Gasteiger partial charge in [-0.2, -0.15) is 0 Å². The third kappa shape index (κ3) is 0.969. The van der Waals surface area contributed by atoms with E-state index >= 15 is 0 Å². The molecule has 0 fully saturated rings. The van der Waals surface area contributed by atoms with Gasteiger partial charge in [0.15, 0.2) is 0 Å². The van der Waals surface area contributed by atoms with Crippen molar-refractivity contribution in [3.63, 3.8) is 0 Å². The highest BCUT2D eigenvalue weighted by Gasteiger charge is 2.37. The lowest BCUT2D eigenvalue weighted by molar-refractivity contribution is 0.603. The Bertz CT molecular complexity index is 326. The summed E-state index contributed by atoms with van der Waals surface area (Å²) in [6.07, 6.45) is 2.69. The van der Waals surface area contributed by atoms with E-state index in [0.29, 0.717) is 4.83 Å². The second-order valence-corrected chi connectivity index (χ2v) is 5.49. The Kier molecular flexibility index (Phi) is 1.61. The molecule has 2 aliphatic rings. The van der Waals surface area contributed by atoms with Crippen LogP contribution in [0.5, 0.6) is 0 Å². The third-order valence-electron chi connectivity index (χ3n) is 3.58. The lowest BCUT2D eigenvalue weighted by atomic mass is 10.00. The molecule has 0 radical (unpaired) electrons. The Labute approximate surface area is 87.5 Å². The van der Waals surface area contributed by atoms with Crippen LogP contribution in [0.15, 0.2) is 18.2 Å². The Morgan fingerprint density at radius 3 is 2.85 bits per heavy atom. The monoisotopic (exact) mass is 236 g/mol. The van der Waals surface area contributed by atoms with Gasteiger partial charge >= 0.3 is 0 Å². The molecule has 2 aliphatic carbocycles. The Morgan fingerprint density at radius 1 is 1.23 bits per heavy atom. The average Bonchev–Trinajstić information content (AvgIpc) is 2.59. The van der Waals surface area contributed by atoms with Crippen LogP contribution >= 0.6 is 15.9 Å². The first-order valence-electron chi connectivity index (χ1n) is 5.04. The average molecular weight is 237 g/mol. The topological polar surface area (TPSA) is 0 Å². The zero-order chi connectivity index (χ0) is 9.00. The van der Waals surface area contributed by atoms with Crippen molar-refractivity contribution in [1.29, 1.82) is 0 Å². The third-order valence-corrected chi connectivity index (χ3v) is 4.45. The molecule has 3 unspecified atom stereocenters. The predicted octanol–water partition coefficient (Wildman–Crippen LogP) is 4.12. The van der Waals surface area contributed by atoms with E-state index in [-0.39, 0.29) is 0 Å². The molecule has 1 heteroatoms. The van der Waals surface area contributed by atoms with E-state index in [2.05, 4.69) is 41.1 Å². The molecule has 0 spiro atoms. The molecule has 0 aliphatic heterocycles. The van der Waals surface area contributed by atoms with Crippen molar-refractivity contribution in [2.75, 3.05) is 0 Å². The van der Waals surface area contributed by atoms with Crippen molar-refractivity contribution in [2.45, 2.75) is 36.4 Å². The quantitative estimate of drug-likeness (QED) is 0.595. The second-order valence-electron chi connectivity index (χ2n) is 4.39. The maximum atomic E-state index is 3.77. The van der Waals surface area contributed by atoms with E-state index in [9.17, 15) is 0 Å². The molecule has 13 heavy (non-hydrogen) atoms. The zero-order valence-corrected chi connectivity index (χ0v) is 9.34. The van der Waals surface area contributed by atoms with Crippen LogP contribution in [0.4, 0.5) is 0 Å². The molecule has 0 aromatic heterocycles. The summed E-state index contributed by atoms with van der Waals surface area (Å²) in [7, 11) is 0. The normalized spacial score (nSPS) is 35.1. The molecular formula is C12H13Br. The molecular weight excluding hydrogens is 224 g/mol. The number of alkyl halides is 1. The Balaban J connectivity index is 2.26. The maximum absolute atomic E-state index is 3.77. The van der Waals surface area contributed by atoms with Gasteiger partial charge in [-0.25, -0.2) is 0 Å². The fraction of sp³-hybridized carbons (Fsp3) is 0.500. The number of rotatable bonds is 0. The van der Waals surface area contributed by atoms with Gasteiger partial charge in [-0.15, -0.1) is 0 Å². The van der Waals surface area contributed by atoms with Gasteiger partial charge < -0.3 is 0 Å². The lowest BCUT2D eigenvalue weighted by Crippen LogP contribution is -1.91. The molecule has 0 saturated heterocycles. The molecule has 0 heterocycles. The van der Waals surface area contributed by atoms with Gasteiger partial charge in [-0.1, -0.05) is 41.1 Å². The van der Waals surface area contributed by atoms with Crippen LogP contribution in [-0.2, 0) is 0 Å². The van der Waals surface area contributed by atoms with E-state index in [1.54, 1.807) is 16.7 Å². The fourth-order valence-corrected chi connectivity index (χ4v) is 3.89. The molecule has 0 nitrogen and oxygen atoms in total. The van der Waals surface area contributed by atoms with Crippen LogP contribution in [0.3, 0.4) is 0 Å². The van der Waals surface area contributed by atoms with Gasteiger partial charge in [0.1, 0.15) is 0 Å². The van der Waals surface area contributed by atoms with Gasteiger partial charge in [-0.3, -0.25) is 0 Å². The molecule has 0 saturated carbocycles. The van der Waals surface area contributed by atoms with Crippen molar-refractivity contribution in [3.05, 3.63) is 34.9 Å². The summed E-state index contributed by atoms with van der Waals surface area (Å²) in [4.78, 5) is 0.625. The minimum atomic E-state index is 0.625. The highest BCUT2D eigenvalue weighted by Crippen LogP contribution is 2.55. The second kappa shape index (κ2) is 2.60. The summed E-state index contributed by atoms with van der Waals surface area (Å²) < 4.78 is 0. The minimum absolute atomic E-state index is 0.625. The smallest absolute Gasteiger partial charge is 0.0404 e. The van der Waals surface area contributed by atoms with Crippen LogP contribution < -0.4 is 0 Å². The first-order chi connectivity index (χ1) is 6.27. The summed E-state index contributed by atoms with van der Waals surface area (Å²) in [5.74, 6) is 1.64. The van der Waals surface area contributed by atoms with Crippen LogP contribution in [0.1, 0.15) is 53.1 Å². The van der Waals surface area contributed by atoms with Crippen LogP contribution in [0.2, 0.25) is 0 Å². The van der Waals surface area contributed by atoms with Gasteiger partial charge in [0, 0.05) is 4.83 Å². The van der Waals surface area contributed by atoms with E-state index in [4.69, 9.17) is 0 Å². The summed E-state index contributed by atoms with van der Waals surface area (Å²) >= 11 is 3.77. The summed E-state index contributed by atoms with van der Waals surface area (Å²) in [5, 5.41) is 0. The number of hydrogen-bond donors (Lipinski definition) is 0. The number of benzene rings is 1. The van der Waals surface area contributed by atoms with E-state index in [0.717, 1.165) is 11.8 Å². The van der Waals surface area contributed by atoms with E-state index < -0.39 is 0 Å². The minimum Gasteiger partial charge on any atom is -0.0838 e. The van der Waals surface area contributed by atoms with Crippen LogP contribution in [0, 0.1) is 0 Å². The molecule has 0 bridgehead atoms. The Hall–Kier alpha value is -0.300. The molecule has 68 valence electrons. The molecule has 0 N–H and O–H groups in total. The van der Waals surface area contributed by atoms with Crippen molar-refractivity contribution >= 4 is 15.9 Å². The highest BCUT2D eigenvalue weighted by atomic mass is 79.9.